The molecule has 1 unspecified atom stereocenters. The van der Waals surface area contributed by atoms with Crippen LogP contribution < -0.4 is 5.69 Å². The Morgan fingerprint density at radius 2 is 1.64 bits per heavy atom. The molecule has 1 aromatic heterocycles. The summed E-state index contributed by atoms with van der Waals surface area (Å²) in [7, 11) is 0. The zero-order valence-corrected chi connectivity index (χ0v) is 12.2. The van der Waals surface area contributed by atoms with Crippen molar-refractivity contribution < 1.29 is 9.50 Å². The van der Waals surface area contributed by atoms with Crippen molar-refractivity contribution in [1.82, 2.24) is 9.13 Å². The highest BCUT2D eigenvalue weighted by atomic mass is 19.1. The van der Waals surface area contributed by atoms with Crippen LogP contribution in [0.15, 0.2) is 53.3 Å². The van der Waals surface area contributed by atoms with E-state index in [2.05, 4.69) is 0 Å². The zero-order chi connectivity index (χ0) is 15.7. The van der Waals surface area contributed by atoms with E-state index in [1.54, 1.807) is 9.13 Å². The first kappa shape index (κ1) is 14.5. The van der Waals surface area contributed by atoms with E-state index in [-0.39, 0.29) is 18.1 Å². The van der Waals surface area contributed by atoms with Crippen LogP contribution in [-0.2, 0) is 13.1 Å². The Balaban J connectivity index is 2.02. The lowest BCUT2D eigenvalue weighted by molar-refractivity contribution is 0.156. The molecule has 2 aromatic carbocycles. The minimum absolute atomic E-state index is 0.137. The maximum absolute atomic E-state index is 13.0. The Morgan fingerprint density at radius 3 is 2.23 bits per heavy atom. The van der Waals surface area contributed by atoms with Gasteiger partial charge in [-0.1, -0.05) is 24.3 Å². The molecule has 1 heterocycles. The number of aromatic nitrogens is 2. The number of aliphatic hydroxyl groups excluding tert-OH is 1. The van der Waals surface area contributed by atoms with Crippen molar-refractivity contribution in [2.24, 2.45) is 0 Å². The Morgan fingerprint density at radius 1 is 1.05 bits per heavy atom. The second-order valence-corrected chi connectivity index (χ2v) is 5.19. The van der Waals surface area contributed by atoms with Gasteiger partial charge in [0, 0.05) is 6.54 Å². The summed E-state index contributed by atoms with van der Waals surface area (Å²) in [5, 5.41) is 10.3. The molecular formula is C17H17FN2O2. The smallest absolute Gasteiger partial charge is 0.329 e. The predicted octanol–water partition coefficient (Wildman–Crippen LogP) is 2.70. The fourth-order valence-corrected chi connectivity index (χ4v) is 2.72. The van der Waals surface area contributed by atoms with Gasteiger partial charge in [-0.2, -0.15) is 0 Å². The summed E-state index contributed by atoms with van der Waals surface area (Å²) in [6.07, 6.45) is -0.866. The number of nitrogens with zero attached hydrogens (tertiary/aromatic N) is 2. The Kier molecular flexibility index (Phi) is 3.81. The van der Waals surface area contributed by atoms with E-state index in [1.807, 2.05) is 31.2 Å². The summed E-state index contributed by atoms with van der Waals surface area (Å²) >= 11 is 0. The van der Waals surface area contributed by atoms with E-state index in [1.165, 1.54) is 24.3 Å². The Hall–Kier alpha value is -2.40. The largest absolute Gasteiger partial charge is 0.387 e. The molecule has 114 valence electrons. The van der Waals surface area contributed by atoms with Gasteiger partial charge in [0.25, 0.3) is 0 Å². The molecule has 0 saturated carbocycles. The Bertz CT molecular complexity index is 849. The van der Waals surface area contributed by atoms with Crippen LogP contribution in [-0.4, -0.2) is 14.2 Å². The molecule has 22 heavy (non-hydrogen) atoms. The molecule has 5 heteroatoms. The van der Waals surface area contributed by atoms with Crippen molar-refractivity contribution >= 4 is 11.0 Å². The minimum atomic E-state index is -0.866. The normalized spacial score (nSPS) is 12.7. The molecule has 3 aromatic rings. The fourth-order valence-electron chi connectivity index (χ4n) is 2.72. The highest BCUT2D eigenvalue weighted by Gasteiger charge is 2.16. The fraction of sp³-hybridized carbons (Fsp3) is 0.235. The van der Waals surface area contributed by atoms with Crippen molar-refractivity contribution in [2.45, 2.75) is 26.1 Å². The SMILES string of the molecule is CCn1c(=O)n(CC(O)c2ccc(F)cc2)c2ccccc21. The summed E-state index contributed by atoms with van der Waals surface area (Å²) in [4.78, 5) is 12.5. The predicted molar refractivity (Wildman–Crippen MR) is 83.2 cm³/mol. The third-order valence-corrected chi connectivity index (χ3v) is 3.85. The lowest BCUT2D eigenvalue weighted by Crippen LogP contribution is -2.26. The van der Waals surface area contributed by atoms with Crippen molar-refractivity contribution in [2.75, 3.05) is 0 Å². The summed E-state index contributed by atoms with van der Waals surface area (Å²) in [5.41, 5.74) is 2.07. The van der Waals surface area contributed by atoms with Crippen molar-refractivity contribution in [3.8, 4) is 0 Å². The molecule has 0 bridgehead atoms. The maximum atomic E-state index is 13.0. The number of benzene rings is 2. The van der Waals surface area contributed by atoms with Crippen LogP contribution in [0.2, 0.25) is 0 Å². The van der Waals surface area contributed by atoms with E-state index >= 15 is 0 Å². The van der Waals surface area contributed by atoms with Gasteiger partial charge in [-0.25, -0.2) is 9.18 Å². The van der Waals surface area contributed by atoms with Gasteiger partial charge in [-0.05, 0) is 36.8 Å². The van der Waals surface area contributed by atoms with Gasteiger partial charge in [-0.15, -0.1) is 0 Å². The van der Waals surface area contributed by atoms with Crippen LogP contribution in [0.4, 0.5) is 4.39 Å². The van der Waals surface area contributed by atoms with Crippen LogP contribution >= 0.6 is 0 Å². The number of halogens is 1. The number of imidazole rings is 1. The average molecular weight is 300 g/mol. The van der Waals surface area contributed by atoms with Gasteiger partial charge in [0.1, 0.15) is 5.82 Å². The summed E-state index contributed by atoms with van der Waals surface area (Å²) in [6.45, 7) is 2.62. The van der Waals surface area contributed by atoms with Crippen molar-refractivity contribution in [1.29, 1.82) is 0 Å². The first-order valence-corrected chi connectivity index (χ1v) is 7.23. The Labute approximate surface area is 127 Å². The van der Waals surface area contributed by atoms with E-state index < -0.39 is 6.10 Å². The average Bonchev–Trinajstić information content (AvgIpc) is 2.80. The van der Waals surface area contributed by atoms with E-state index in [9.17, 15) is 14.3 Å². The summed E-state index contributed by atoms with van der Waals surface area (Å²) in [6, 6.07) is 13.2. The molecule has 0 amide bonds. The highest BCUT2D eigenvalue weighted by molar-refractivity contribution is 5.76. The second-order valence-electron chi connectivity index (χ2n) is 5.19. The molecule has 4 nitrogen and oxygen atoms in total. The van der Waals surface area contributed by atoms with Crippen LogP contribution in [0, 0.1) is 5.82 Å². The molecule has 1 N–H and O–H groups in total. The number of aliphatic hydroxyl groups is 1. The highest BCUT2D eigenvalue weighted by Crippen LogP contribution is 2.19. The number of fused-ring (bicyclic) bond motifs is 1. The molecule has 0 aliphatic carbocycles. The van der Waals surface area contributed by atoms with Crippen molar-refractivity contribution in [3.63, 3.8) is 0 Å². The van der Waals surface area contributed by atoms with Gasteiger partial charge in [0.05, 0.1) is 23.7 Å². The standard InChI is InChI=1S/C17H17FN2O2/c1-2-19-14-5-3-4-6-15(14)20(17(19)22)11-16(21)12-7-9-13(18)10-8-12/h3-10,16,21H,2,11H2,1H3. The maximum Gasteiger partial charge on any atom is 0.329 e. The molecule has 0 aliphatic rings. The molecular weight excluding hydrogens is 283 g/mol. The van der Waals surface area contributed by atoms with Crippen LogP contribution in [0.5, 0.6) is 0 Å². The monoisotopic (exact) mass is 300 g/mol. The topological polar surface area (TPSA) is 47.2 Å². The molecule has 1 atom stereocenters. The van der Waals surface area contributed by atoms with Crippen LogP contribution in [0.3, 0.4) is 0 Å². The van der Waals surface area contributed by atoms with Gasteiger partial charge in [0.15, 0.2) is 0 Å². The summed E-state index contributed by atoms with van der Waals surface area (Å²) < 4.78 is 16.2. The number of rotatable bonds is 4. The lowest BCUT2D eigenvalue weighted by Gasteiger charge is -2.12. The van der Waals surface area contributed by atoms with E-state index in [0.717, 1.165) is 11.0 Å². The van der Waals surface area contributed by atoms with Gasteiger partial charge < -0.3 is 5.11 Å². The van der Waals surface area contributed by atoms with Crippen LogP contribution in [0.1, 0.15) is 18.6 Å². The first-order valence-electron chi connectivity index (χ1n) is 7.23. The number of aryl methyl sites for hydroxylation is 1. The van der Waals surface area contributed by atoms with E-state index in [4.69, 9.17) is 0 Å². The van der Waals surface area contributed by atoms with Gasteiger partial charge in [0.2, 0.25) is 0 Å². The third kappa shape index (κ3) is 2.44. The summed E-state index contributed by atoms with van der Waals surface area (Å²) in [5.74, 6) is -0.351. The quantitative estimate of drug-likeness (QED) is 0.805. The molecule has 0 fully saturated rings. The molecule has 0 spiro atoms. The lowest BCUT2D eigenvalue weighted by atomic mass is 10.1. The molecule has 0 radical (unpaired) electrons. The van der Waals surface area contributed by atoms with Gasteiger partial charge in [-0.3, -0.25) is 9.13 Å². The molecule has 0 saturated heterocycles. The second kappa shape index (κ2) is 5.77. The molecule has 3 rings (SSSR count). The van der Waals surface area contributed by atoms with Gasteiger partial charge >= 0.3 is 5.69 Å². The first-order chi connectivity index (χ1) is 10.6. The van der Waals surface area contributed by atoms with Crippen molar-refractivity contribution in [3.05, 3.63) is 70.4 Å². The number of hydrogen-bond donors (Lipinski definition) is 1. The van der Waals surface area contributed by atoms with Crippen LogP contribution in [0.25, 0.3) is 11.0 Å². The minimum Gasteiger partial charge on any atom is -0.387 e. The number of hydrogen-bond acceptors (Lipinski definition) is 2. The number of para-hydroxylation sites is 2. The van der Waals surface area contributed by atoms with E-state index in [0.29, 0.717) is 12.1 Å². The zero-order valence-electron chi connectivity index (χ0n) is 12.2. The third-order valence-electron chi connectivity index (χ3n) is 3.85. The molecule has 0 aliphatic heterocycles.